The lowest BCUT2D eigenvalue weighted by atomic mass is 10.2. The molecule has 0 radical (unpaired) electrons. The van der Waals surface area contributed by atoms with Crippen LogP contribution in [0.15, 0.2) is 40.7 Å². The maximum atomic E-state index is 4.69. The van der Waals surface area contributed by atoms with Crippen LogP contribution in [0.5, 0.6) is 0 Å². The van der Waals surface area contributed by atoms with Gasteiger partial charge >= 0.3 is 0 Å². The van der Waals surface area contributed by atoms with Crippen LogP contribution in [0.3, 0.4) is 0 Å². The standard InChI is InChI=1S/C17H24N4S.HI/c1-4-5-11-21(3)17(18-2)19-12-16-20-15(13-22-16)14-9-7-6-8-10-14;/h6-10,13H,4-5,11-12H2,1-3H3,(H,18,19);1H. The highest BCUT2D eigenvalue weighted by atomic mass is 127. The number of hydrogen-bond acceptors (Lipinski definition) is 3. The van der Waals surface area contributed by atoms with Gasteiger partial charge in [0.2, 0.25) is 0 Å². The number of guanidine groups is 1. The van der Waals surface area contributed by atoms with Gasteiger partial charge in [-0.05, 0) is 6.42 Å². The van der Waals surface area contributed by atoms with Gasteiger partial charge in [-0.3, -0.25) is 4.99 Å². The largest absolute Gasteiger partial charge is 0.350 e. The van der Waals surface area contributed by atoms with Crippen molar-refractivity contribution in [3.05, 3.63) is 40.7 Å². The fourth-order valence-corrected chi connectivity index (χ4v) is 2.92. The number of benzene rings is 1. The minimum absolute atomic E-state index is 0. The molecule has 0 saturated carbocycles. The number of unbranched alkanes of at least 4 members (excludes halogenated alkanes) is 1. The summed E-state index contributed by atoms with van der Waals surface area (Å²) in [5.41, 5.74) is 2.20. The molecule has 2 aromatic rings. The second kappa shape index (κ2) is 10.6. The highest BCUT2D eigenvalue weighted by Gasteiger charge is 2.08. The van der Waals surface area contributed by atoms with E-state index in [0.29, 0.717) is 6.54 Å². The van der Waals surface area contributed by atoms with E-state index >= 15 is 0 Å². The first-order valence-electron chi connectivity index (χ1n) is 7.66. The van der Waals surface area contributed by atoms with Gasteiger partial charge in [-0.25, -0.2) is 4.98 Å². The number of hydrogen-bond donors (Lipinski definition) is 1. The summed E-state index contributed by atoms with van der Waals surface area (Å²) in [5.74, 6) is 0.921. The molecule has 2 rings (SSSR count). The number of aliphatic imine (C=N–C) groups is 1. The summed E-state index contributed by atoms with van der Waals surface area (Å²) in [5, 5.41) is 6.56. The molecule has 4 nitrogen and oxygen atoms in total. The van der Waals surface area contributed by atoms with Gasteiger partial charge in [0.05, 0.1) is 12.2 Å². The van der Waals surface area contributed by atoms with Gasteiger partial charge in [-0.15, -0.1) is 35.3 Å². The summed E-state index contributed by atoms with van der Waals surface area (Å²) in [7, 11) is 3.89. The molecule has 1 heterocycles. The lowest BCUT2D eigenvalue weighted by Crippen LogP contribution is -2.38. The molecule has 1 N–H and O–H groups in total. The average molecular weight is 444 g/mol. The molecule has 0 aliphatic carbocycles. The van der Waals surface area contributed by atoms with Crippen molar-refractivity contribution in [2.45, 2.75) is 26.3 Å². The third-order valence-corrected chi connectivity index (χ3v) is 4.29. The molecular formula is C17H25IN4S. The van der Waals surface area contributed by atoms with Crippen molar-refractivity contribution in [1.82, 2.24) is 15.2 Å². The van der Waals surface area contributed by atoms with Gasteiger partial charge in [-0.2, -0.15) is 0 Å². The highest BCUT2D eigenvalue weighted by Crippen LogP contribution is 2.21. The van der Waals surface area contributed by atoms with E-state index in [0.717, 1.165) is 28.8 Å². The Balaban J connectivity index is 0.00000264. The van der Waals surface area contributed by atoms with Crippen LogP contribution in [0, 0.1) is 0 Å². The van der Waals surface area contributed by atoms with Crippen molar-refractivity contribution < 1.29 is 0 Å². The molecule has 0 spiro atoms. The zero-order valence-corrected chi connectivity index (χ0v) is 17.1. The average Bonchev–Trinajstić information content (AvgIpc) is 3.03. The molecule has 0 fully saturated rings. The van der Waals surface area contributed by atoms with Gasteiger partial charge in [0.25, 0.3) is 0 Å². The minimum atomic E-state index is 0. The molecule has 0 bridgehead atoms. The third kappa shape index (κ3) is 6.10. The highest BCUT2D eigenvalue weighted by molar-refractivity contribution is 14.0. The maximum absolute atomic E-state index is 4.69. The van der Waals surface area contributed by atoms with E-state index < -0.39 is 0 Å². The second-order valence-electron chi connectivity index (χ2n) is 5.17. The Morgan fingerprint density at radius 2 is 2.04 bits per heavy atom. The molecule has 0 saturated heterocycles. The summed E-state index contributed by atoms with van der Waals surface area (Å²) in [6.07, 6.45) is 2.36. The van der Waals surface area contributed by atoms with E-state index in [4.69, 9.17) is 4.98 Å². The third-order valence-electron chi connectivity index (χ3n) is 3.44. The summed E-state index contributed by atoms with van der Waals surface area (Å²) >= 11 is 1.68. The van der Waals surface area contributed by atoms with Gasteiger partial charge in [0, 0.05) is 31.6 Å². The topological polar surface area (TPSA) is 40.5 Å². The van der Waals surface area contributed by atoms with Gasteiger partial charge < -0.3 is 10.2 Å². The Kier molecular flexibility index (Phi) is 9.16. The monoisotopic (exact) mass is 444 g/mol. The summed E-state index contributed by atoms with van der Waals surface area (Å²) in [6, 6.07) is 10.3. The molecule has 23 heavy (non-hydrogen) atoms. The quantitative estimate of drug-likeness (QED) is 0.412. The Morgan fingerprint density at radius 3 is 2.70 bits per heavy atom. The molecular weight excluding hydrogens is 419 g/mol. The molecule has 0 amide bonds. The molecule has 1 aromatic heterocycles. The Hall–Kier alpha value is -1.15. The Labute approximate surface area is 160 Å². The second-order valence-corrected chi connectivity index (χ2v) is 6.11. The SMILES string of the molecule is CCCCN(C)C(=NC)NCc1nc(-c2ccccc2)cs1.I. The van der Waals surface area contributed by atoms with Crippen LogP contribution < -0.4 is 5.32 Å². The van der Waals surface area contributed by atoms with E-state index in [9.17, 15) is 0 Å². The minimum Gasteiger partial charge on any atom is -0.350 e. The lowest BCUT2D eigenvalue weighted by Gasteiger charge is -2.21. The summed E-state index contributed by atoms with van der Waals surface area (Å²) in [4.78, 5) is 11.2. The molecule has 6 heteroatoms. The number of nitrogens with one attached hydrogen (secondary N) is 1. The van der Waals surface area contributed by atoms with Crippen LogP contribution in [-0.2, 0) is 6.54 Å². The maximum Gasteiger partial charge on any atom is 0.193 e. The molecule has 126 valence electrons. The summed E-state index contributed by atoms with van der Waals surface area (Å²) < 4.78 is 0. The lowest BCUT2D eigenvalue weighted by molar-refractivity contribution is 0.464. The van der Waals surface area contributed by atoms with Crippen molar-refractivity contribution in [2.24, 2.45) is 4.99 Å². The smallest absolute Gasteiger partial charge is 0.193 e. The first kappa shape index (κ1) is 19.9. The zero-order valence-electron chi connectivity index (χ0n) is 14.0. The normalized spacial score (nSPS) is 11.0. The fourth-order valence-electron chi connectivity index (χ4n) is 2.17. The van der Waals surface area contributed by atoms with Crippen LogP contribution >= 0.6 is 35.3 Å². The number of thiazole rings is 1. The predicted octanol–water partition coefficient (Wildman–Crippen LogP) is 4.24. The van der Waals surface area contributed by atoms with E-state index in [1.807, 2.05) is 25.2 Å². The fraction of sp³-hybridized carbons (Fsp3) is 0.412. The van der Waals surface area contributed by atoms with Gasteiger partial charge in [0.15, 0.2) is 5.96 Å². The number of rotatable bonds is 6. The van der Waals surface area contributed by atoms with Crippen molar-refractivity contribution in [3.63, 3.8) is 0 Å². The van der Waals surface area contributed by atoms with Crippen LogP contribution in [0.25, 0.3) is 11.3 Å². The van der Waals surface area contributed by atoms with Crippen LogP contribution in [0.1, 0.15) is 24.8 Å². The van der Waals surface area contributed by atoms with E-state index in [1.165, 1.54) is 12.8 Å². The Morgan fingerprint density at radius 1 is 1.30 bits per heavy atom. The van der Waals surface area contributed by atoms with Crippen molar-refractivity contribution in [2.75, 3.05) is 20.6 Å². The molecule has 0 unspecified atom stereocenters. The van der Waals surface area contributed by atoms with Crippen molar-refractivity contribution >= 4 is 41.3 Å². The molecule has 0 atom stereocenters. The van der Waals surface area contributed by atoms with Crippen molar-refractivity contribution in [3.8, 4) is 11.3 Å². The first-order valence-corrected chi connectivity index (χ1v) is 8.54. The van der Waals surface area contributed by atoms with E-state index in [1.54, 1.807) is 11.3 Å². The summed E-state index contributed by atoms with van der Waals surface area (Å²) in [6.45, 7) is 3.93. The van der Waals surface area contributed by atoms with Crippen LogP contribution in [0.2, 0.25) is 0 Å². The van der Waals surface area contributed by atoms with E-state index in [2.05, 4.69) is 46.7 Å². The van der Waals surface area contributed by atoms with Crippen LogP contribution in [0.4, 0.5) is 0 Å². The first-order chi connectivity index (χ1) is 10.7. The molecule has 0 aliphatic rings. The number of nitrogens with zero attached hydrogens (tertiary/aromatic N) is 3. The predicted molar refractivity (Wildman–Crippen MR) is 111 cm³/mol. The number of aromatic nitrogens is 1. The van der Waals surface area contributed by atoms with Crippen molar-refractivity contribution in [1.29, 1.82) is 0 Å². The molecule has 1 aromatic carbocycles. The zero-order chi connectivity index (χ0) is 15.8. The van der Waals surface area contributed by atoms with E-state index in [-0.39, 0.29) is 24.0 Å². The number of halogens is 1. The van der Waals surface area contributed by atoms with Crippen LogP contribution in [-0.4, -0.2) is 36.5 Å². The van der Waals surface area contributed by atoms with Gasteiger partial charge in [0.1, 0.15) is 5.01 Å². The van der Waals surface area contributed by atoms with Gasteiger partial charge in [-0.1, -0.05) is 43.7 Å². The molecule has 0 aliphatic heterocycles. The Bertz CT molecular complexity index is 598.